The van der Waals surface area contributed by atoms with Gasteiger partial charge in [0.15, 0.2) is 0 Å². The molecule has 3 rings (SSSR count). The van der Waals surface area contributed by atoms with Crippen LogP contribution in [0.5, 0.6) is 0 Å². The Morgan fingerprint density at radius 3 is 2.85 bits per heavy atom. The first kappa shape index (κ1) is 14.6. The number of halogens is 1. The van der Waals surface area contributed by atoms with Crippen molar-refractivity contribution in [3.8, 4) is 0 Å². The van der Waals surface area contributed by atoms with E-state index in [0.29, 0.717) is 18.0 Å². The van der Waals surface area contributed by atoms with E-state index < -0.39 is 0 Å². The van der Waals surface area contributed by atoms with Crippen LogP contribution in [-0.4, -0.2) is 24.5 Å². The summed E-state index contributed by atoms with van der Waals surface area (Å²) in [6.07, 6.45) is 7.83. The average molecular weight is 337 g/mol. The number of hydrogen-bond acceptors (Lipinski definition) is 2. The molecule has 3 heteroatoms. The third-order valence-corrected chi connectivity index (χ3v) is 5.83. The third-order valence-electron chi connectivity index (χ3n) is 5.34. The van der Waals surface area contributed by atoms with Gasteiger partial charge in [-0.2, -0.15) is 0 Å². The lowest BCUT2D eigenvalue weighted by atomic mass is 9.83. The number of rotatable bonds is 3. The van der Waals surface area contributed by atoms with E-state index in [-0.39, 0.29) is 0 Å². The van der Waals surface area contributed by atoms with Gasteiger partial charge in [-0.05, 0) is 68.5 Å². The largest absolute Gasteiger partial charge is 0.330 e. The molecule has 3 unspecified atom stereocenters. The Morgan fingerprint density at radius 2 is 2.05 bits per heavy atom. The van der Waals surface area contributed by atoms with E-state index in [4.69, 9.17) is 5.73 Å². The zero-order valence-corrected chi connectivity index (χ0v) is 13.9. The van der Waals surface area contributed by atoms with Gasteiger partial charge >= 0.3 is 0 Å². The predicted molar refractivity (Wildman–Crippen MR) is 87.8 cm³/mol. The summed E-state index contributed by atoms with van der Waals surface area (Å²) >= 11 is 3.59. The van der Waals surface area contributed by atoms with Crippen molar-refractivity contribution in [2.45, 2.75) is 50.6 Å². The monoisotopic (exact) mass is 336 g/mol. The zero-order chi connectivity index (χ0) is 14.1. The summed E-state index contributed by atoms with van der Waals surface area (Å²) in [5, 5.41) is 0. The Balaban J connectivity index is 1.80. The summed E-state index contributed by atoms with van der Waals surface area (Å²) in [5.74, 6) is 0.688. The molecule has 1 aromatic carbocycles. The van der Waals surface area contributed by atoms with Crippen LogP contribution >= 0.6 is 15.9 Å². The molecule has 0 amide bonds. The van der Waals surface area contributed by atoms with Crippen molar-refractivity contribution in [3.63, 3.8) is 0 Å². The molecule has 2 nitrogen and oxygen atoms in total. The van der Waals surface area contributed by atoms with Crippen molar-refractivity contribution in [3.05, 3.63) is 33.8 Å². The van der Waals surface area contributed by atoms with E-state index in [2.05, 4.69) is 46.1 Å². The van der Waals surface area contributed by atoms with Gasteiger partial charge in [0.1, 0.15) is 0 Å². The topological polar surface area (TPSA) is 29.3 Å². The maximum absolute atomic E-state index is 6.01. The van der Waals surface area contributed by atoms with Crippen molar-refractivity contribution in [2.75, 3.05) is 13.6 Å². The molecular weight excluding hydrogens is 312 g/mol. The number of aryl methyl sites for hydroxylation is 1. The molecule has 2 aliphatic rings. The van der Waals surface area contributed by atoms with Crippen molar-refractivity contribution >= 4 is 15.9 Å². The van der Waals surface area contributed by atoms with Crippen LogP contribution in [0.4, 0.5) is 0 Å². The van der Waals surface area contributed by atoms with E-state index in [9.17, 15) is 0 Å². The smallest absolute Gasteiger partial charge is 0.0354 e. The second kappa shape index (κ2) is 6.17. The van der Waals surface area contributed by atoms with Crippen LogP contribution in [0.15, 0.2) is 22.7 Å². The second-order valence-electron chi connectivity index (χ2n) is 6.41. The van der Waals surface area contributed by atoms with E-state index in [1.54, 1.807) is 0 Å². The van der Waals surface area contributed by atoms with Crippen molar-refractivity contribution in [1.82, 2.24) is 4.90 Å². The first-order valence-electron chi connectivity index (χ1n) is 7.91. The van der Waals surface area contributed by atoms with Crippen LogP contribution in [0.3, 0.4) is 0 Å². The van der Waals surface area contributed by atoms with Crippen LogP contribution in [-0.2, 0) is 6.42 Å². The zero-order valence-electron chi connectivity index (χ0n) is 12.3. The van der Waals surface area contributed by atoms with Crippen LogP contribution in [0.25, 0.3) is 0 Å². The normalized spacial score (nSPS) is 29.7. The fourth-order valence-electron chi connectivity index (χ4n) is 4.22. The van der Waals surface area contributed by atoms with E-state index in [1.807, 2.05) is 0 Å². The Kier molecular flexibility index (Phi) is 4.49. The maximum Gasteiger partial charge on any atom is 0.0354 e. The van der Waals surface area contributed by atoms with Crippen molar-refractivity contribution in [2.24, 2.45) is 11.7 Å². The standard InChI is InChI=1S/C17H25BrN2/c1-20(16-5-3-2-4-13(16)11-19)17-9-6-12-10-14(18)7-8-15(12)17/h7-8,10,13,16-17H,2-6,9,11,19H2,1H3. The highest BCUT2D eigenvalue weighted by Gasteiger charge is 2.34. The minimum atomic E-state index is 0.593. The summed E-state index contributed by atoms with van der Waals surface area (Å²) in [7, 11) is 2.32. The van der Waals surface area contributed by atoms with E-state index in [0.717, 1.165) is 6.54 Å². The summed E-state index contributed by atoms with van der Waals surface area (Å²) in [5.41, 5.74) is 9.08. The minimum Gasteiger partial charge on any atom is -0.330 e. The highest BCUT2D eigenvalue weighted by Crippen LogP contribution is 2.40. The van der Waals surface area contributed by atoms with Gasteiger partial charge in [0, 0.05) is 16.6 Å². The van der Waals surface area contributed by atoms with Gasteiger partial charge in [0.2, 0.25) is 0 Å². The van der Waals surface area contributed by atoms with Gasteiger partial charge in [0.05, 0.1) is 0 Å². The van der Waals surface area contributed by atoms with Gasteiger partial charge in [-0.1, -0.05) is 34.8 Å². The van der Waals surface area contributed by atoms with Crippen LogP contribution in [0.2, 0.25) is 0 Å². The molecule has 0 heterocycles. The lowest BCUT2D eigenvalue weighted by molar-refractivity contribution is 0.0919. The summed E-state index contributed by atoms with van der Waals surface area (Å²) < 4.78 is 1.21. The molecule has 20 heavy (non-hydrogen) atoms. The molecule has 2 N–H and O–H groups in total. The minimum absolute atomic E-state index is 0.593. The summed E-state index contributed by atoms with van der Waals surface area (Å²) in [6, 6.07) is 8.06. The third kappa shape index (κ3) is 2.68. The SMILES string of the molecule is CN(C1CCc2cc(Br)ccc21)C1CCCCC1CN. The van der Waals surface area contributed by atoms with Crippen LogP contribution in [0.1, 0.15) is 49.3 Å². The molecule has 0 radical (unpaired) electrons. The van der Waals surface area contributed by atoms with Gasteiger partial charge in [-0.3, -0.25) is 4.90 Å². The fraction of sp³-hybridized carbons (Fsp3) is 0.647. The van der Waals surface area contributed by atoms with Gasteiger partial charge in [-0.15, -0.1) is 0 Å². The number of benzene rings is 1. The Morgan fingerprint density at radius 1 is 1.25 bits per heavy atom. The van der Waals surface area contributed by atoms with Crippen molar-refractivity contribution in [1.29, 1.82) is 0 Å². The maximum atomic E-state index is 6.01. The Labute approximate surface area is 130 Å². The highest BCUT2D eigenvalue weighted by molar-refractivity contribution is 9.10. The van der Waals surface area contributed by atoms with Gasteiger partial charge in [0.25, 0.3) is 0 Å². The Bertz CT molecular complexity index is 474. The van der Waals surface area contributed by atoms with Crippen LogP contribution in [0, 0.1) is 5.92 Å². The molecule has 0 aliphatic heterocycles. The molecule has 2 aliphatic carbocycles. The molecule has 110 valence electrons. The van der Waals surface area contributed by atoms with E-state index >= 15 is 0 Å². The summed E-state index contributed by atoms with van der Waals surface area (Å²) in [4.78, 5) is 2.64. The molecule has 3 atom stereocenters. The highest BCUT2D eigenvalue weighted by atomic mass is 79.9. The van der Waals surface area contributed by atoms with Gasteiger partial charge < -0.3 is 5.73 Å². The number of nitrogens with two attached hydrogens (primary N) is 1. The van der Waals surface area contributed by atoms with Crippen LogP contribution < -0.4 is 5.73 Å². The molecule has 1 fully saturated rings. The predicted octanol–water partition coefficient (Wildman–Crippen LogP) is 3.89. The number of hydrogen-bond donors (Lipinski definition) is 1. The molecule has 0 saturated heterocycles. The fourth-order valence-corrected chi connectivity index (χ4v) is 4.63. The first-order valence-corrected chi connectivity index (χ1v) is 8.70. The average Bonchev–Trinajstić information content (AvgIpc) is 2.89. The lowest BCUT2D eigenvalue weighted by Crippen LogP contribution is -2.44. The lowest BCUT2D eigenvalue weighted by Gasteiger charge is -2.41. The van der Waals surface area contributed by atoms with Gasteiger partial charge in [-0.25, -0.2) is 0 Å². The molecule has 0 bridgehead atoms. The Hall–Kier alpha value is -0.380. The quantitative estimate of drug-likeness (QED) is 0.907. The molecule has 1 saturated carbocycles. The molecule has 1 aromatic rings. The molecule has 0 spiro atoms. The molecule has 0 aromatic heterocycles. The second-order valence-corrected chi connectivity index (χ2v) is 7.33. The number of fused-ring (bicyclic) bond motifs is 1. The van der Waals surface area contributed by atoms with Crippen molar-refractivity contribution < 1.29 is 0 Å². The summed E-state index contributed by atoms with van der Waals surface area (Å²) in [6.45, 7) is 0.842. The van der Waals surface area contributed by atoms with E-state index in [1.165, 1.54) is 54.1 Å². The number of nitrogens with zero attached hydrogens (tertiary/aromatic N) is 1. The first-order chi connectivity index (χ1) is 9.70. The molecular formula is C17H25BrN2.